The maximum atomic E-state index is 4.65. The monoisotopic (exact) mass is 313 g/mol. The Hall–Kier alpha value is -2.30. The summed E-state index contributed by atoms with van der Waals surface area (Å²) in [6.07, 6.45) is 2.89. The zero-order chi connectivity index (χ0) is 16.5. The van der Waals surface area contributed by atoms with Crippen molar-refractivity contribution >= 4 is 5.96 Å². The first-order valence-corrected chi connectivity index (χ1v) is 8.28. The van der Waals surface area contributed by atoms with Crippen molar-refractivity contribution in [3.63, 3.8) is 0 Å². The third-order valence-corrected chi connectivity index (χ3v) is 3.95. The average Bonchev–Trinajstić information content (AvgIpc) is 2.99. The number of hydrogen-bond donors (Lipinski definition) is 2. The van der Waals surface area contributed by atoms with E-state index in [-0.39, 0.29) is 0 Å². The van der Waals surface area contributed by atoms with Crippen LogP contribution in [0.5, 0.6) is 0 Å². The lowest BCUT2D eigenvalue weighted by molar-refractivity contribution is 0.628. The van der Waals surface area contributed by atoms with Crippen LogP contribution in [-0.4, -0.2) is 28.8 Å². The highest BCUT2D eigenvalue weighted by Gasteiger charge is 2.09. The highest BCUT2D eigenvalue weighted by atomic mass is 15.3. The summed E-state index contributed by atoms with van der Waals surface area (Å²) in [5, 5.41) is 10.9. The molecule has 1 aromatic heterocycles. The van der Waals surface area contributed by atoms with E-state index >= 15 is 0 Å². The Morgan fingerprint density at radius 1 is 1.17 bits per heavy atom. The predicted molar refractivity (Wildman–Crippen MR) is 95.5 cm³/mol. The van der Waals surface area contributed by atoms with Crippen LogP contribution in [-0.2, 0) is 13.6 Å². The molecular formula is C18H27N5. The topological polar surface area (TPSA) is 54.2 Å². The van der Waals surface area contributed by atoms with Gasteiger partial charge in [0.15, 0.2) is 5.96 Å². The fourth-order valence-electron chi connectivity index (χ4n) is 2.50. The molecule has 2 aromatic rings. The molecule has 0 fully saturated rings. The number of rotatable bonds is 7. The number of guanidine groups is 1. The minimum Gasteiger partial charge on any atom is -0.357 e. The number of aromatic nitrogens is 2. The summed E-state index contributed by atoms with van der Waals surface area (Å²) >= 11 is 0. The van der Waals surface area contributed by atoms with Crippen molar-refractivity contribution in [2.45, 2.75) is 32.7 Å². The summed E-state index contributed by atoms with van der Waals surface area (Å²) in [6.45, 7) is 6.64. The van der Waals surface area contributed by atoms with Crippen LogP contribution in [0.2, 0.25) is 0 Å². The second kappa shape index (κ2) is 8.98. The van der Waals surface area contributed by atoms with Gasteiger partial charge in [0, 0.05) is 32.3 Å². The zero-order valence-corrected chi connectivity index (χ0v) is 14.3. The van der Waals surface area contributed by atoms with Crippen LogP contribution < -0.4 is 10.6 Å². The molecule has 0 aliphatic rings. The standard InChI is InChI=1S/C18H27N5/c1-4-15(16-9-7-6-8-10-16)13-20-18(19-5-2)21-14-17-11-12-22-23(17)3/h6-12,15H,4-5,13-14H2,1-3H3,(H2,19,20,21). The van der Waals surface area contributed by atoms with E-state index in [4.69, 9.17) is 0 Å². The number of nitrogens with zero attached hydrogens (tertiary/aromatic N) is 3. The Balaban J connectivity index is 1.97. The molecule has 0 saturated carbocycles. The van der Waals surface area contributed by atoms with Crippen molar-refractivity contribution in [3.05, 3.63) is 53.9 Å². The summed E-state index contributed by atoms with van der Waals surface area (Å²) in [6, 6.07) is 12.6. The molecule has 1 atom stereocenters. The van der Waals surface area contributed by atoms with E-state index < -0.39 is 0 Å². The van der Waals surface area contributed by atoms with Gasteiger partial charge >= 0.3 is 0 Å². The summed E-state index contributed by atoms with van der Waals surface area (Å²) in [5.41, 5.74) is 2.46. The zero-order valence-electron chi connectivity index (χ0n) is 14.3. The van der Waals surface area contributed by atoms with Crippen molar-refractivity contribution in [3.8, 4) is 0 Å². The Morgan fingerprint density at radius 2 is 1.96 bits per heavy atom. The molecule has 1 aromatic carbocycles. The van der Waals surface area contributed by atoms with Gasteiger partial charge in [-0.2, -0.15) is 5.10 Å². The van der Waals surface area contributed by atoms with E-state index in [2.05, 4.69) is 64.9 Å². The molecule has 0 aliphatic heterocycles. The minimum atomic E-state index is 0.483. The van der Waals surface area contributed by atoms with Crippen LogP contribution in [0, 0.1) is 0 Å². The average molecular weight is 313 g/mol. The molecule has 0 bridgehead atoms. The lowest BCUT2D eigenvalue weighted by Crippen LogP contribution is -2.39. The first-order chi connectivity index (χ1) is 11.2. The molecule has 5 heteroatoms. The van der Waals surface area contributed by atoms with Crippen LogP contribution in [0.15, 0.2) is 47.6 Å². The number of benzene rings is 1. The molecule has 124 valence electrons. The molecule has 0 aliphatic carbocycles. The molecule has 1 unspecified atom stereocenters. The third kappa shape index (κ3) is 5.13. The summed E-state index contributed by atoms with van der Waals surface area (Å²) in [5.74, 6) is 1.33. The molecule has 5 nitrogen and oxygen atoms in total. The normalized spacial score (nSPS) is 12.9. The van der Waals surface area contributed by atoms with E-state index in [1.807, 2.05) is 17.8 Å². The summed E-state index contributed by atoms with van der Waals surface area (Å²) in [4.78, 5) is 4.65. The van der Waals surface area contributed by atoms with Gasteiger partial charge in [0.05, 0.1) is 12.2 Å². The Morgan fingerprint density at radius 3 is 2.57 bits per heavy atom. The number of aliphatic imine (C=N–C) groups is 1. The van der Waals surface area contributed by atoms with Gasteiger partial charge in [0.25, 0.3) is 0 Å². The number of aryl methyl sites for hydroxylation is 1. The number of hydrogen-bond acceptors (Lipinski definition) is 2. The van der Waals surface area contributed by atoms with Crippen LogP contribution in [0.1, 0.15) is 37.4 Å². The SMILES string of the molecule is CCNC(=NCc1ccnn1C)NCC(CC)c1ccccc1. The van der Waals surface area contributed by atoms with Gasteiger partial charge in [0.2, 0.25) is 0 Å². The fraction of sp³-hybridized carbons (Fsp3) is 0.444. The molecule has 23 heavy (non-hydrogen) atoms. The minimum absolute atomic E-state index is 0.483. The van der Waals surface area contributed by atoms with Crippen molar-refractivity contribution in [2.24, 2.45) is 12.0 Å². The first kappa shape index (κ1) is 17.1. The van der Waals surface area contributed by atoms with Crippen LogP contribution in [0.4, 0.5) is 0 Å². The number of nitrogens with one attached hydrogen (secondary N) is 2. The summed E-state index contributed by atoms with van der Waals surface area (Å²) in [7, 11) is 1.94. The van der Waals surface area contributed by atoms with Crippen LogP contribution in [0.25, 0.3) is 0 Å². The molecule has 2 rings (SSSR count). The molecular weight excluding hydrogens is 286 g/mol. The maximum absolute atomic E-state index is 4.65. The second-order valence-electron chi connectivity index (χ2n) is 5.54. The second-order valence-corrected chi connectivity index (χ2v) is 5.54. The first-order valence-electron chi connectivity index (χ1n) is 8.28. The van der Waals surface area contributed by atoms with Gasteiger partial charge in [0.1, 0.15) is 0 Å². The van der Waals surface area contributed by atoms with Crippen molar-refractivity contribution < 1.29 is 0 Å². The Kier molecular flexibility index (Phi) is 6.66. The quantitative estimate of drug-likeness (QED) is 0.610. The van der Waals surface area contributed by atoms with Crippen molar-refractivity contribution in [1.29, 1.82) is 0 Å². The molecule has 2 N–H and O–H groups in total. The Labute approximate surface area is 138 Å². The van der Waals surface area contributed by atoms with Crippen molar-refractivity contribution in [1.82, 2.24) is 20.4 Å². The van der Waals surface area contributed by atoms with E-state index in [0.717, 1.165) is 31.2 Å². The van der Waals surface area contributed by atoms with Gasteiger partial charge in [-0.1, -0.05) is 37.3 Å². The Bertz CT molecular complexity index is 603. The highest BCUT2D eigenvalue weighted by Crippen LogP contribution is 2.17. The van der Waals surface area contributed by atoms with E-state index in [1.54, 1.807) is 6.20 Å². The van der Waals surface area contributed by atoms with Gasteiger partial charge < -0.3 is 10.6 Å². The largest absolute Gasteiger partial charge is 0.357 e. The van der Waals surface area contributed by atoms with Gasteiger partial charge in [-0.15, -0.1) is 0 Å². The third-order valence-electron chi connectivity index (χ3n) is 3.95. The van der Waals surface area contributed by atoms with Crippen LogP contribution >= 0.6 is 0 Å². The van der Waals surface area contributed by atoms with Gasteiger partial charge in [-0.05, 0) is 25.0 Å². The molecule has 0 amide bonds. The maximum Gasteiger partial charge on any atom is 0.191 e. The van der Waals surface area contributed by atoms with Gasteiger partial charge in [-0.25, -0.2) is 4.99 Å². The lowest BCUT2D eigenvalue weighted by Gasteiger charge is -2.18. The summed E-state index contributed by atoms with van der Waals surface area (Å²) < 4.78 is 1.85. The molecule has 0 saturated heterocycles. The van der Waals surface area contributed by atoms with Crippen LogP contribution in [0.3, 0.4) is 0 Å². The smallest absolute Gasteiger partial charge is 0.191 e. The van der Waals surface area contributed by atoms with E-state index in [0.29, 0.717) is 12.5 Å². The van der Waals surface area contributed by atoms with Gasteiger partial charge in [-0.3, -0.25) is 4.68 Å². The highest BCUT2D eigenvalue weighted by molar-refractivity contribution is 5.79. The lowest BCUT2D eigenvalue weighted by atomic mass is 9.97. The fourth-order valence-corrected chi connectivity index (χ4v) is 2.50. The molecule has 1 heterocycles. The van der Waals surface area contributed by atoms with Crippen molar-refractivity contribution in [2.75, 3.05) is 13.1 Å². The van der Waals surface area contributed by atoms with E-state index in [9.17, 15) is 0 Å². The predicted octanol–water partition coefficient (Wildman–Crippen LogP) is 2.67. The van der Waals surface area contributed by atoms with E-state index in [1.165, 1.54) is 5.56 Å². The molecule has 0 radical (unpaired) electrons. The molecule has 0 spiro atoms.